The van der Waals surface area contributed by atoms with E-state index in [0.29, 0.717) is 17.2 Å². The molecule has 0 saturated carbocycles. The molecule has 1 saturated heterocycles. The third kappa shape index (κ3) is 4.50. The maximum absolute atomic E-state index is 13.4. The van der Waals surface area contributed by atoms with Crippen molar-refractivity contribution in [2.75, 3.05) is 37.4 Å². The number of anilines is 2. The molecule has 0 spiro atoms. The summed E-state index contributed by atoms with van der Waals surface area (Å²) < 4.78 is 13.4. The van der Waals surface area contributed by atoms with Crippen LogP contribution >= 0.6 is 0 Å². The Labute approximate surface area is 165 Å². The van der Waals surface area contributed by atoms with E-state index >= 15 is 0 Å². The summed E-state index contributed by atoms with van der Waals surface area (Å²) in [4.78, 5) is 29.3. The maximum Gasteiger partial charge on any atom is 0.256 e. The monoisotopic (exact) mass is 383 g/mol. The second-order valence-corrected chi connectivity index (χ2v) is 7.57. The van der Waals surface area contributed by atoms with Gasteiger partial charge in [0.05, 0.1) is 5.56 Å². The number of nitrogens with one attached hydrogen (secondary N) is 1. The van der Waals surface area contributed by atoms with Gasteiger partial charge in [-0.2, -0.15) is 0 Å². The first-order valence-electron chi connectivity index (χ1n) is 9.52. The number of halogens is 1. The second-order valence-electron chi connectivity index (χ2n) is 7.57. The van der Waals surface area contributed by atoms with E-state index in [2.05, 4.69) is 12.2 Å². The van der Waals surface area contributed by atoms with Gasteiger partial charge in [0.2, 0.25) is 0 Å². The highest BCUT2D eigenvalue weighted by atomic mass is 19.1. The highest BCUT2D eigenvalue weighted by Gasteiger charge is 2.24. The fourth-order valence-corrected chi connectivity index (χ4v) is 3.39. The maximum atomic E-state index is 13.4. The molecule has 1 aliphatic heterocycles. The van der Waals surface area contributed by atoms with Gasteiger partial charge in [-0.3, -0.25) is 9.59 Å². The standard InChI is InChI=1S/C22H26FN3O2/c1-15-9-11-26(12-10-15)22(28)19-14-18(7-8-20(19)25(2)3)24-21(27)16-5-4-6-17(23)13-16/h4-8,13-15H,9-12H2,1-3H3,(H,24,27). The van der Waals surface area contributed by atoms with Gasteiger partial charge in [0.25, 0.3) is 11.8 Å². The summed E-state index contributed by atoms with van der Waals surface area (Å²) in [6, 6.07) is 10.8. The Morgan fingerprint density at radius 1 is 1.11 bits per heavy atom. The molecule has 0 aromatic heterocycles. The summed E-state index contributed by atoms with van der Waals surface area (Å²) in [5, 5.41) is 2.76. The van der Waals surface area contributed by atoms with E-state index in [1.54, 1.807) is 18.2 Å². The molecule has 3 rings (SSSR count). The Morgan fingerprint density at radius 3 is 2.46 bits per heavy atom. The number of carbonyl (C=O) groups is 2. The lowest BCUT2D eigenvalue weighted by molar-refractivity contribution is 0.0697. The van der Waals surface area contributed by atoms with Crippen LogP contribution in [0, 0.1) is 11.7 Å². The molecule has 0 aliphatic carbocycles. The molecule has 1 heterocycles. The molecule has 5 nitrogen and oxygen atoms in total. The molecule has 2 aromatic carbocycles. The number of nitrogens with zero attached hydrogens (tertiary/aromatic N) is 2. The average Bonchev–Trinajstić information content (AvgIpc) is 2.67. The molecule has 1 N–H and O–H groups in total. The van der Waals surface area contributed by atoms with Crippen molar-refractivity contribution in [3.8, 4) is 0 Å². The van der Waals surface area contributed by atoms with E-state index in [4.69, 9.17) is 0 Å². The van der Waals surface area contributed by atoms with Crippen LogP contribution in [0.2, 0.25) is 0 Å². The van der Waals surface area contributed by atoms with Gasteiger partial charge in [0.15, 0.2) is 0 Å². The van der Waals surface area contributed by atoms with E-state index in [9.17, 15) is 14.0 Å². The fourth-order valence-electron chi connectivity index (χ4n) is 3.39. The van der Waals surface area contributed by atoms with Gasteiger partial charge in [0, 0.05) is 44.1 Å². The lowest BCUT2D eigenvalue weighted by Gasteiger charge is -2.31. The van der Waals surface area contributed by atoms with Crippen LogP contribution in [-0.2, 0) is 0 Å². The third-order valence-corrected chi connectivity index (χ3v) is 5.12. The molecule has 6 heteroatoms. The average molecular weight is 383 g/mol. The molecule has 2 aromatic rings. The van der Waals surface area contributed by atoms with Gasteiger partial charge in [-0.1, -0.05) is 13.0 Å². The first-order chi connectivity index (χ1) is 13.3. The van der Waals surface area contributed by atoms with Crippen molar-refractivity contribution in [1.29, 1.82) is 0 Å². The fraction of sp³-hybridized carbons (Fsp3) is 0.364. The van der Waals surface area contributed by atoms with Crippen molar-refractivity contribution in [1.82, 2.24) is 4.90 Å². The molecule has 1 fully saturated rings. The second kappa shape index (κ2) is 8.42. The minimum Gasteiger partial charge on any atom is -0.377 e. The summed E-state index contributed by atoms with van der Waals surface area (Å²) in [5.74, 6) is -0.278. The first kappa shape index (κ1) is 19.9. The highest BCUT2D eigenvalue weighted by Crippen LogP contribution is 2.27. The van der Waals surface area contributed by atoms with Gasteiger partial charge in [-0.15, -0.1) is 0 Å². The van der Waals surface area contributed by atoms with E-state index < -0.39 is 11.7 Å². The van der Waals surface area contributed by atoms with Crippen LogP contribution in [0.3, 0.4) is 0 Å². The molecule has 1 aliphatic rings. The van der Waals surface area contributed by atoms with Gasteiger partial charge >= 0.3 is 0 Å². The topological polar surface area (TPSA) is 52.7 Å². The van der Waals surface area contributed by atoms with Crippen LogP contribution in [-0.4, -0.2) is 43.9 Å². The van der Waals surface area contributed by atoms with Crippen LogP contribution in [0.5, 0.6) is 0 Å². The first-order valence-corrected chi connectivity index (χ1v) is 9.52. The van der Waals surface area contributed by atoms with Crippen LogP contribution in [0.15, 0.2) is 42.5 Å². The zero-order valence-electron chi connectivity index (χ0n) is 16.5. The molecule has 0 radical (unpaired) electrons. The van der Waals surface area contributed by atoms with Crippen molar-refractivity contribution in [3.05, 3.63) is 59.4 Å². The molecule has 2 amide bonds. The number of hydrogen-bond acceptors (Lipinski definition) is 3. The Kier molecular flexibility index (Phi) is 5.97. The van der Waals surface area contributed by atoms with Crippen LogP contribution in [0.1, 0.15) is 40.5 Å². The van der Waals surface area contributed by atoms with Gasteiger partial charge < -0.3 is 15.1 Å². The van der Waals surface area contributed by atoms with Crippen molar-refractivity contribution < 1.29 is 14.0 Å². The van der Waals surface area contributed by atoms with E-state index in [-0.39, 0.29) is 11.5 Å². The summed E-state index contributed by atoms with van der Waals surface area (Å²) in [6.45, 7) is 3.69. The number of piperidine rings is 1. The molecule has 28 heavy (non-hydrogen) atoms. The normalized spacial score (nSPS) is 14.6. The van der Waals surface area contributed by atoms with E-state index in [1.165, 1.54) is 18.2 Å². The van der Waals surface area contributed by atoms with Crippen LogP contribution in [0.25, 0.3) is 0 Å². The minimum absolute atomic E-state index is 0.0301. The lowest BCUT2D eigenvalue weighted by Crippen LogP contribution is -2.38. The molecular formula is C22H26FN3O2. The highest BCUT2D eigenvalue weighted by molar-refractivity contribution is 6.06. The van der Waals surface area contributed by atoms with Gasteiger partial charge in [-0.05, 0) is 55.2 Å². The number of benzene rings is 2. The summed E-state index contributed by atoms with van der Waals surface area (Å²) >= 11 is 0. The molecule has 0 unspecified atom stereocenters. The number of likely N-dealkylation sites (tertiary alicyclic amines) is 1. The minimum atomic E-state index is -0.467. The number of rotatable bonds is 4. The summed E-state index contributed by atoms with van der Waals surface area (Å²) in [5.41, 5.74) is 2.09. The summed E-state index contributed by atoms with van der Waals surface area (Å²) in [7, 11) is 3.77. The summed E-state index contributed by atoms with van der Waals surface area (Å²) in [6.07, 6.45) is 2.00. The number of amides is 2. The van der Waals surface area contributed by atoms with Crippen LogP contribution in [0.4, 0.5) is 15.8 Å². The van der Waals surface area contributed by atoms with E-state index in [1.807, 2.05) is 30.0 Å². The van der Waals surface area contributed by atoms with E-state index in [0.717, 1.165) is 31.6 Å². The Balaban J connectivity index is 1.85. The smallest absolute Gasteiger partial charge is 0.256 e. The van der Waals surface area contributed by atoms with Crippen molar-refractivity contribution in [3.63, 3.8) is 0 Å². The molecule has 148 valence electrons. The Bertz CT molecular complexity index is 874. The molecule has 0 atom stereocenters. The molecule has 0 bridgehead atoms. The lowest BCUT2D eigenvalue weighted by atomic mass is 9.98. The SMILES string of the molecule is CC1CCN(C(=O)c2cc(NC(=O)c3cccc(F)c3)ccc2N(C)C)CC1. The quantitative estimate of drug-likeness (QED) is 0.868. The van der Waals surface area contributed by atoms with Crippen molar-refractivity contribution in [2.45, 2.75) is 19.8 Å². The van der Waals surface area contributed by atoms with Crippen molar-refractivity contribution in [2.24, 2.45) is 5.92 Å². The Hall–Kier alpha value is -2.89. The van der Waals surface area contributed by atoms with Crippen LogP contribution < -0.4 is 10.2 Å². The largest absolute Gasteiger partial charge is 0.377 e. The predicted octanol–water partition coefficient (Wildman–Crippen LogP) is 4.02. The molecular weight excluding hydrogens is 357 g/mol. The van der Waals surface area contributed by atoms with Gasteiger partial charge in [0.1, 0.15) is 5.82 Å². The third-order valence-electron chi connectivity index (χ3n) is 5.12. The zero-order valence-corrected chi connectivity index (χ0v) is 16.5. The number of hydrogen-bond donors (Lipinski definition) is 1. The van der Waals surface area contributed by atoms with Crippen molar-refractivity contribution >= 4 is 23.2 Å². The number of carbonyl (C=O) groups excluding carboxylic acids is 2. The predicted molar refractivity (Wildman–Crippen MR) is 109 cm³/mol. The Morgan fingerprint density at radius 2 is 1.82 bits per heavy atom. The van der Waals surface area contributed by atoms with Gasteiger partial charge in [-0.25, -0.2) is 4.39 Å². The zero-order chi connectivity index (χ0) is 20.3.